The van der Waals surface area contributed by atoms with Crippen molar-refractivity contribution in [1.82, 2.24) is 19.4 Å². The van der Waals surface area contributed by atoms with Crippen LogP contribution in [0.2, 0.25) is 5.02 Å². The van der Waals surface area contributed by atoms with Gasteiger partial charge in [-0.2, -0.15) is 0 Å². The maximum atomic E-state index is 12.9. The molecule has 4 rings (SSSR count). The van der Waals surface area contributed by atoms with Crippen molar-refractivity contribution >= 4 is 63.2 Å². The quantitative estimate of drug-likeness (QED) is 0.244. The first-order valence-electron chi connectivity index (χ1n) is 9.26. The molecule has 2 heterocycles. The van der Waals surface area contributed by atoms with Crippen LogP contribution in [0.4, 0.5) is 0 Å². The Hall–Kier alpha value is -2.46. The maximum absolute atomic E-state index is 12.9. The Balaban J connectivity index is 1.57. The van der Waals surface area contributed by atoms with Crippen LogP contribution in [0.25, 0.3) is 16.0 Å². The van der Waals surface area contributed by atoms with Crippen LogP contribution in [0, 0.1) is 3.95 Å². The molecule has 1 amide bonds. The fourth-order valence-corrected chi connectivity index (χ4v) is 5.31. The monoisotopic (exact) mass is 488 g/mol. The van der Waals surface area contributed by atoms with Gasteiger partial charge >= 0.3 is 0 Å². The van der Waals surface area contributed by atoms with Crippen molar-refractivity contribution < 1.29 is 4.79 Å². The molecule has 10 heteroatoms. The summed E-state index contributed by atoms with van der Waals surface area (Å²) in [5, 5.41) is 3.89. The van der Waals surface area contributed by atoms with Crippen LogP contribution in [0.3, 0.4) is 0 Å². The van der Waals surface area contributed by atoms with E-state index in [9.17, 15) is 9.59 Å². The maximum Gasteiger partial charge on any atom is 0.273 e. The number of thiazole rings is 1. The van der Waals surface area contributed by atoms with Crippen molar-refractivity contribution in [2.75, 3.05) is 5.75 Å². The van der Waals surface area contributed by atoms with E-state index in [-0.39, 0.29) is 17.2 Å². The van der Waals surface area contributed by atoms with Gasteiger partial charge < -0.3 is 5.32 Å². The molecule has 0 bridgehead atoms. The van der Waals surface area contributed by atoms with Gasteiger partial charge in [-0.3, -0.25) is 18.7 Å². The highest BCUT2D eigenvalue weighted by molar-refractivity contribution is 7.99. The van der Waals surface area contributed by atoms with Crippen molar-refractivity contribution in [3.8, 4) is 5.69 Å². The normalized spacial score (nSPS) is 11.0. The third-order valence-corrected chi connectivity index (χ3v) is 7.30. The first kappa shape index (κ1) is 21.8. The molecule has 31 heavy (non-hydrogen) atoms. The second kappa shape index (κ2) is 9.35. The van der Waals surface area contributed by atoms with E-state index in [2.05, 4.69) is 10.3 Å². The molecule has 0 spiro atoms. The summed E-state index contributed by atoms with van der Waals surface area (Å²) in [5.74, 6) is -0.0589. The molecule has 2 aromatic carbocycles. The first-order valence-corrected chi connectivity index (χ1v) is 11.9. The van der Waals surface area contributed by atoms with Gasteiger partial charge in [-0.05, 0) is 36.0 Å². The number of nitrogens with one attached hydrogen (secondary N) is 1. The van der Waals surface area contributed by atoms with Gasteiger partial charge in [0.05, 0.1) is 5.75 Å². The third kappa shape index (κ3) is 4.59. The molecule has 0 unspecified atom stereocenters. The number of thioether (sulfide) groups is 1. The van der Waals surface area contributed by atoms with Crippen molar-refractivity contribution in [3.05, 3.63) is 79.5 Å². The highest BCUT2D eigenvalue weighted by Gasteiger charge is 2.17. The lowest BCUT2D eigenvalue weighted by Gasteiger charge is -2.10. The molecule has 0 aliphatic carbocycles. The summed E-state index contributed by atoms with van der Waals surface area (Å²) in [6.07, 6.45) is 0. The Morgan fingerprint density at radius 1 is 1.19 bits per heavy atom. The van der Waals surface area contributed by atoms with Crippen LogP contribution in [0.15, 0.2) is 64.5 Å². The Morgan fingerprint density at radius 3 is 2.65 bits per heavy atom. The number of nitrogens with zero attached hydrogens (tertiary/aromatic N) is 3. The molecule has 6 nitrogen and oxygen atoms in total. The summed E-state index contributed by atoms with van der Waals surface area (Å²) in [6, 6.07) is 16.9. The number of fused-ring (bicyclic) bond motifs is 1. The van der Waals surface area contributed by atoms with Gasteiger partial charge in [0.2, 0.25) is 5.91 Å². The van der Waals surface area contributed by atoms with E-state index >= 15 is 0 Å². The van der Waals surface area contributed by atoms with Gasteiger partial charge in [-0.1, -0.05) is 71.1 Å². The van der Waals surface area contributed by atoms with Gasteiger partial charge in [0.25, 0.3) is 5.56 Å². The number of aromatic nitrogens is 3. The fourth-order valence-electron chi connectivity index (χ4n) is 2.96. The predicted octanol–water partition coefficient (Wildman–Crippen LogP) is 4.58. The minimum Gasteiger partial charge on any atom is -0.351 e. The number of halogens is 1. The zero-order valence-electron chi connectivity index (χ0n) is 16.4. The largest absolute Gasteiger partial charge is 0.351 e. The van der Waals surface area contributed by atoms with E-state index in [4.69, 9.17) is 23.8 Å². The van der Waals surface area contributed by atoms with E-state index in [1.54, 1.807) is 17.7 Å². The molecule has 0 saturated heterocycles. The number of hydrogen-bond acceptors (Lipinski definition) is 6. The summed E-state index contributed by atoms with van der Waals surface area (Å²) < 4.78 is 4.28. The Bertz CT molecular complexity index is 1380. The summed E-state index contributed by atoms with van der Waals surface area (Å²) in [7, 11) is 1.65. The predicted molar refractivity (Wildman–Crippen MR) is 129 cm³/mol. The van der Waals surface area contributed by atoms with Crippen LogP contribution in [0.5, 0.6) is 0 Å². The smallest absolute Gasteiger partial charge is 0.273 e. The molecular weight excluding hydrogens is 472 g/mol. The molecule has 0 fully saturated rings. The van der Waals surface area contributed by atoms with Crippen molar-refractivity contribution in [2.24, 2.45) is 7.05 Å². The lowest BCUT2D eigenvalue weighted by Crippen LogP contribution is -2.26. The number of para-hydroxylation sites is 1. The summed E-state index contributed by atoms with van der Waals surface area (Å²) in [5.41, 5.74) is 2.00. The molecule has 1 N–H and O–H groups in total. The summed E-state index contributed by atoms with van der Waals surface area (Å²) in [6.45, 7) is 0.336. The molecule has 4 aromatic rings. The van der Waals surface area contributed by atoms with Gasteiger partial charge in [0.1, 0.15) is 4.70 Å². The number of rotatable bonds is 6. The first-order chi connectivity index (χ1) is 15.0. The second-order valence-electron chi connectivity index (χ2n) is 6.61. The molecule has 158 valence electrons. The molecule has 0 radical (unpaired) electrons. The van der Waals surface area contributed by atoms with Crippen molar-refractivity contribution in [3.63, 3.8) is 0 Å². The highest BCUT2D eigenvalue weighted by Crippen LogP contribution is 2.25. The van der Waals surface area contributed by atoms with Gasteiger partial charge in [0, 0.05) is 24.3 Å². The van der Waals surface area contributed by atoms with Crippen LogP contribution in [-0.4, -0.2) is 25.8 Å². The summed E-state index contributed by atoms with van der Waals surface area (Å²) in [4.78, 5) is 29.9. The van der Waals surface area contributed by atoms with E-state index in [0.717, 1.165) is 11.3 Å². The molecule has 0 aliphatic heterocycles. The molecule has 2 aromatic heterocycles. The number of amides is 1. The SMILES string of the molecule is Cn1c(SCC(=O)NCc2ccccc2Cl)nc2c(sc(=S)n2-c2ccccc2)c1=O. The van der Waals surface area contributed by atoms with Crippen molar-refractivity contribution in [1.29, 1.82) is 0 Å². The van der Waals surface area contributed by atoms with Crippen LogP contribution in [0.1, 0.15) is 5.56 Å². The average molecular weight is 489 g/mol. The standard InChI is InChI=1S/C21H17ClN4O2S3/c1-25-19(28)17-18(26(21(29)31-17)14-8-3-2-4-9-14)24-20(25)30-12-16(27)23-11-13-7-5-6-10-15(13)22/h2-10H,11-12H2,1H3,(H,23,27). The zero-order chi connectivity index (χ0) is 22.0. The minimum atomic E-state index is -0.185. The molecular formula is C21H17ClN4O2S3. The molecule has 0 saturated carbocycles. The van der Waals surface area contributed by atoms with Crippen LogP contribution >= 0.6 is 46.9 Å². The van der Waals surface area contributed by atoms with Crippen LogP contribution < -0.4 is 10.9 Å². The lowest BCUT2D eigenvalue weighted by molar-refractivity contribution is -0.118. The van der Waals surface area contributed by atoms with Gasteiger partial charge in [-0.15, -0.1) is 0 Å². The van der Waals surface area contributed by atoms with E-state index in [1.807, 2.05) is 48.5 Å². The Morgan fingerprint density at radius 2 is 1.90 bits per heavy atom. The minimum absolute atomic E-state index is 0.118. The highest BCUT2D eigenvalue weighted by atomic mass is 35.5. The third-order valence-electron chi connectivity index (χ3n) is 4.55. The number of carbonyl (C=O) groups is 1. The topological polar surface area (TPSA) is 68.9 Å². The Kier molecular flexibility index (Phi) is 6.57. The molecule has 0 aliphatic rings. The molecule has 0 atom stereocenters. The van der Waals surface area contributed by atoms with Crippen molar-refractivity contribution in [2.45, 2.75) is 11.7 Å². The van der Waals surface area contributed by atoms with E-state index < -0.39 is 0 Å². The number of benzene rings is 2. The fraction of sp³-hybridized carbons (Fsp3) is 0.143. The Labute approximate surface area is 196 Å². The summed E-state index contributed by atoms with van der Waals surface area (Å²) >= 11 is 14.1. The van der Waals surface area contributed by atoms with E-state index in [0.29, 0.717) is 31.0 Å². The van der Waals surface area contributed by atoms with Crippen LogP contribution in [-0.2, 0) is 18.4 Å². The second-order valence-corrected chi connectivity index (χ2v) is 9.60. The number of hydrogen-bond donors (Lipinski definition) is 1. The van der Waals surface area contributed by atoms with Gasteiger partial charge in [-0.25, -0.2) is 4.98 Å². The number of carbonyl (C=O) groups excluding carboxylic acids is 1. The zero-order valence-corrected chi connectivity index (χ0v) is 19.6. The average Bonchev–Trinajstić information content (AvgIpc) is 3.11. The lowest BCUT2D eigenvalue weighted by atomic mass is 10.2. The van der Waals surface area contributed by atoms with Gasteiger partial charge in [0.15, 0.2) is 14.8 Å². The van der Waals surface area contributed by atoms with E-state index in [1.165, 1.54) is 27.7 Å².